The number of rotatable bonds is 1. The van der Waals surface area contributed by atoms with Crippen LogP contribution in [0.5, 0.6) is 0 Å². The molecule has 0 radical (unpaired) electrons. The van der Waals surface area contributed by atoms with E-state index in [1.54, 1.807) is 0 Å². The molecule has 1 saturated carbocycles. The van der Waals surface area contributed by atoms with Gasteiger partial charge in [-0.1, -0.05) is 0 Å². The van der Waals surface area contributed by atoms with E-state index in [-0.39, 0.29) is 12.1 Å². The third-order valence-corrected chi connectivity index (χ3v) is 3.81. The molecule has 4 heteroatoms. The van der Waals surface area contributed by atoms with E-state index in [0.717, 1.165) is 25.7 Å². The average Bonchev–Trinajstić information content (AvgIpc) is 2.43. The number of nitrogens with zero attached hydrogens (tertiary/aromatic N) is 1. The van der Waals surface area contributed by atoms with Crippen LogP contribution in [0.15, 0.2) is 0 Å². The van der Waals surface area contributed by atoms with Crippen molar-refractivity contribution in [1.29, 1.82) is 0 Å². The van der Waals surface area contributed by atoms with Gasteiger partial charge in [-0.3, -0.25) is 9.69 Å². The Kier molecular flexibility index (Phi) is 2.49. The highest BCUT2D eigenvalue weighted by Crippen LogP contribution is 2.38. The van der Waals surface area contributed by atoms with Crippen molar-refractivity contribution in [2.24, 2.45) is 11.7 Å². The second-order valence-electron chi connectivity index (χ2n) is 4.66. The molecule has 2 fully saturated rings. The fourth-order valence-electron chi connectivity index (χ4n) is 3.03. The van der Waals surface area contributed by atoms with E-state index >= 15 is 0 Å². The molecule has 1 aliphatic heterocycles. The highest BCUT2D eigenvalue weighted by Gasteiger charge is 2.44. The van der Waals surface area contributed by atoms with E-state index in [2.05, 4.69) is 0 Å². The lowest BCUT2D eigenvalue weighted by Gasteiger charge is -2.32. The Morgan fingerprint density at radius 3 is 2.79 bits per heavy atom. The van der Waals surface area contributed by atoms with Gasteiger partial charge in [0, 0.05) is 12.1 Å². The van der Waals surface area contributed by atoms with Gasteiger partial charge in [0.1, 0.15) is 6.04 Å². The number of aliphatic carboxylic acids is 1. The molecule has 0 spiro atoms. The number of hydrogen-bond acceptors (Lipinski definition) is 3. The van der Waals surface area contributed by atoms with Crippen molar-refractivity contribution in [3.05, 3.63) is 0 Å². The van der Waals surface area contributed by atoms with E-state index in [4.69, 9.17) is 10.8 Å². The van der Waals surface area contributed by atoms with Gasteiger partial charge >= 0.3 is 5.97 Å². The van der Waals surface area contributed by atoms with Crippen LogP contribution in [-0.2, 0) is 4.79 Å². The van der Waals surface area contributed by atoms with Gasteiger partial charge < -0.3 is 10.8 Å². The van der Waals surface area contributed by atoms with Crippen molar-refractivity contribution in [2.45, 2.75) is 43.8 Å². The van der Waals surface area contributed by atoms with Crippen molar-refractivity contribution in [3.8, 4) is 0 Å². The average molecular weight is 198 g/mol. The lowest BCUT2D eigenvalue weighted by molar-refractivity contribution is -0.142. The summed E-state index contributed by atoms with van der Waals surface area (Å²) < 4.78 is 0. The number of nitrogens with two attached hydrogens (primary N) is 1. The summed E-state index contributed by atoms with van der Waals surface area (Å²) in [5, 5.41) is 9.02. The summed E-state index contributed by atoms with van der Waals surface area (Å²) in [6.45, 7) is 0. The number of fused-ring (bicyclic) bond motifs is 1. The van der Waals surface area contributed by atoms with Gasteiger partial charge in [-0.2, -0.15) is 0 Å². The summed E-state index contributed by atoms with van der Waals surface area (Å²) in [6, 6.07) is 0.461. The molecule has 4 unspecified atom stereocenters. The molecule has 0 aromatic heterocycles. The van der Waals surface area contributed by atoms with Crippen molar-refractivity contribution in [2.75, 3.05) is 7.05 Å². The molecular formula is C10H18N2O2. The van der Waals surface area contributed by atoms with Crippen LogP contribution in [0.2, 0.25) is 0 Å². The Bertz CT molecular complexity index is 244. The van der Waals surface area contributed by atoms with Crippen LogP contribution in [0.3, 0.4) is 0 Å². The maximum atomic E-state index is 11.0. The maximum absolute atomic E-state index is 11.0. The third kappa shape index (κ3) is 1.53. The minimum absolute atomic E-state index is 0.282. The lowest BCUT2D eigenvalue weighted by atomic mass is 9.82. The normalized spacial score (nSPS) is 43.6. The Hall–Kier alpha value is -0.610. The first kappa shape index (κ1) is 9.93. The van der Waals surface area contributed by atoms with Crippen LogP contribution >= 0.6 is 0 Å². The molecule has 3 N–H and O–H groups in total. The number of hydrogen-bond donors (Lipinski definition) is 2. The molecule has 0 amide bonds. The van der Waals surface area contributed by atoms with Crippen LogP contribution in [0.25, 0.3) is 0 Å². The molecule has 4 atom stereocenters. The van der Waals surface area contributed by atoms with Crippen molar-refractivity contribution in [3.63, 3.8) is 0 Å². The number of likely N-dealkylation sites (tertiary alicyclic amines) is 1. The number of carboxylic acids is 1. The van der Waals surface area contributed by atoms with Crippen LogP contribution in [0.1, 0.15) is 25.7 Å². The third-order valence-electron chi connectivity index (χ3n) is 3.81. The smallest absolute Gasteiger partial charge is 0.320 e. The fraction of sp³-hybridized carbons (Fsp3) is 0.900. The van der Waals surface area contributed by atoms with Gasteiger partial charge in [-0.05, 0) is 38.6 Å². The molecule has 0 aromatic carbocycles. The zero-order valence-corrected chi connectivity index (χ0v) is 8.52. The predicted molar refractivity (Wildman–Crippen MR) is 52.9 cm³/mol. The zero-order chi connectivity index (χ0) is 10.3. The van der Waals surface area contributed by atoms with E-state index in [0.29, 0.717) is 12.0 Å². The molecule has 2 aliphatic rings. The first-order chi connectivity index (χ1) is 6.59. The van der Waals surface area contributed by atoms with Crippen LogP contribution < -0.4 is 5.73 Å². The zero-order valence-electron chi connectivity index (χ0n) is 8.52. The summed E-state index contributed by atoms with van der Waals surface area (Å²) in [7, 11) is 1.93. The molecule has 1 heterocycles. The Morgan fingerprint density at radius 1 is 1.43 bits per heavy atom. The molecule has 1 aliphatic carbocycles. The molecule has 2 rings (SSSR count). The lowest BCUT2D eigenvalue weighted by Crippen LogP contribution is -2.42. The largest absolute Gasteiger partial charge is 0.480 e. The molecule has 80 valence electrons. The molecule has 1 saturated heterocycles. The van der Waals surface area contributed by atoms with Gasteiger partial charge in [-0.15, -0.1) is 0 Å². The van der Waals surface area contributed by atoms with Crippen LogP contribution in [0.4, 0.5) is 0 Å². The predicted octanol–water partition coefficient (Wildman–Crippen LogP) is 0.271. The Labute approximate surface area is 84.1 Å². The van der Waals surface area contributed by atoms with Crippen molar-refractivity contribution in [1.82, 2.24) is 4.90 Å². The SMILES string of the molecule is CN1C(C(=O)O)CC2CC(N)CCC21. The minimum Gasteiger partial charge on any atom is -0.480 e. The quantitative estimate of drug-likeness (QED) is 0.634. The van der Waals surface area contributed by atoms with Gasteiger partial charge in [0.25, 0.3) is 0 Å². The standard InChI is InChI=1S/C10H18N2O2/c1-12-8-3-2-7(11)4-6(8)5-9(12)10(13)14/h6-9H,2-5,11H2,1H3,(H,13,14). The monoisotopic (exact) mass is 198 g/mol. The molecular weight excluding hydrogens is 180 g/mol. The van der Waals surface area contributed by atoms with Gasteiger partial charge in [0.05, 0.1) is 0 Å². The van der Waals surface area contributed by atoms with Gasteiger partial charge in [0.15, 0.2) is 0 Å². The van der Waals surface area contributed by atoms with Crippen molar-refractivity contribution >= 4 is 5.97 Å². The fourth-order valence-corrected chi connectivity index (χ4v) is 3.03. The van der Waals surface area contributed by atoms with Gasteiger partial charge in [0.2, 0.25) is 0 Å². The molecule has 0 bridgehead atoms. The summed E-state index contributed by atoms with van der Waals surface area (Å²) in [4.78, 5) is 13.0. The molecule has 4 nitrogen and oxygen atoms in total. The Morgan fingerprint density at radius 2 is 2.14 bits per heavy atom. The van der Waals surface area contributed by atoms with Crippen LogP contribution in [0, 0.1) is 5.92 Å². The number of carbonyl (C=O) groups is 1. The number of carboxylic acid groups (broad SMARTS) is 1. The minimum atomic E-state index is -0.685. The summed E-state index contributed by atoms with van der Waals surface area (Å²) >= 11 is 0. The molecule has 0 aromatic rings. The summed E-state index contributed by atoms with van der Waals surface area (Å²) in [5.41, 5.74) is 5.89. The van der Waals surface area contributed by atoms with Crippen LogP contribution in [-0.4, -0.2) is 41.1 Å². The van der Waals surface area contributed by atoms with E-state index < -0.39 is 5.97 Å². The highest BCUT2D eigenvalue weighted by atomic mass is 16.4. The van der Waals surface area contributed by atoms with Crippen molar-refractivity contribution < 1.29 is 9.90 Å². The highest BCUT2D eigenvalue weighted by molar-refractivity contribution is 5.74. The Balaban J connectivity index is 2.08. The van der Waals surface area contributed by atoms with E-state index in [9.17, 15) is 4.79 Å². The second-order valence-corrected chi connectivity index (χ2v) is 4.66. The summed E-state index contributed by atoms with van der Waals surface area (Å²) in [5.74, 6) is -0.180. The number of likely N-dealkylation sites (N-methyl/N-ethyl adjacent to an activating group) is 1. The molecule has 14 heavy (non-hydrogen) atoms. The van der Waals surface area contributed by atoms with Gasteiger partial charge in [-0.25, -0.2) is 0 Å². The van der Waals surface area contributed by atoms with E-state index in [1.165, 1.54) is 0 Å². The first-order valence-corrected chi connectivity index (χ1v) is 5.30. The first-order valence-electron chi connectivity index (χ1n) is 5.30. The summed E-state index contributed by atoms with van der Waals surface area (Å²) in [6.07, 6.45) is 3.88. The topological polar surface area (TPSA) is 66.6 Å². The van der Waals surface area contributed by atoms with E-state index in [1.807, 2.05) is 11.9 Å². The second kappa shape index (κ2) is 3.51. The maximum Gasteiger partial charge on any atom is 0.320 e.